The lowest BCUT2D eigenvalue weighted by Gasteiger charge is -2.08. The summed E-state index contributed by atoms with van der Waals surface area (Å²) in [6.45, 7) is 0.0991. The summed E-state index contributed by atoms with van der Waals surface area (Å²) in [5.74, 6) is -2.36. The summed E-state index contributed by atoms with van der Waals surface area (Å²) in [5, 5.41) is 5.03. The number of halogens is 1. The number of benzene rings is 2. The molecule has 3 rings (SSSR count). The fourth-order valence-corrected chi connectivity index (χ4v) is 4.11. The van der Waals surface area contributed by atoms with Crippen LogP contribution in [-0.4, -0.2) is 33.3 Å². The quantitative estimate of drug-likeness (QED) is 0.535. The number of hydrogen-bond acceptors (Lipinski definition) is 5. The molecule has 0 aliphatic carbocycles. The summed E-state index contributed by atoms with van der Waals surface area (Å²) >= 11 is 0. The van der Waals surface area contributed by atoms with Gasteiger partial charge in [-0.1, -0.05) is 30.3 Å². The molecule has 1 aromatic heterocycles. The Labute approximate surface area is 172 Å². The molecule has 2 N–H and O–H groups in total. The van der Waals surface area contributed by atoms with Gasteiger partial charge in [-0.2, -0.15) is 0 Å². The average molecular weight is 430 g/mol. The van der Waals surface area contributed by atoms with Gasteiger partial charge < -0.3 is 15.1 Å². The number of rotatable bonds is 8. The predicted octanol–water partition coefficient (Wildman–Crippen LogP) is 2.55. The molecule has 0 unspecified atom stereocenters. The molecule has 0 fully saturated rings. The zero-order valence-electron chi connectivity index (χ0n) is 15.8. The number of carbonyl (C=O) groups excluding carboxylic acids is 2. The van der Waals surface area contributed by atoms with E-state index in [0.29, 0.717) is 0 Å². The van der Waals surface area contributed by atoms with E-state index in [4.69, 9.17) is 4.42 Å². The van der Waals surface area contributed by atoms with Gasteiger partial charge in [-0.3, -0.25) is 9.59 Å². The van der Waals surface area contributed by atoms with Gasteiger partial charge in [0.25, 0.3) is 11.8 Å². The maximum absolute atomic E-state index is 13.6. The number of furan rings is 1. The van der Waals surface area contributed by atoms with E-state index < -0.39 is 27.5 Å². The zero-order chi connectivity index (χ0) is 21.6. The predicted molar refractivity (Wildman–Crippen MR) is 107 cm³/mol. The van der Waals surface area contributed by atoms with Gasteiger partial charge in [0.15, 0.2) is 15.6 Å². The molecule has 1 heterocycles. The van der Waals surface area contributed by atoms with Crippen molar-refractivity contribution in [1.82, 2.24) is 10.6 Å². The lowest BCUT2D eigenvalue weighted by Crippen LogP contribution is -2.35. The normalized spacial score (nSPS) is 11.1. The molecule has 2 aromatic carbocycles. The Balaban J connectivity index is 1.55. The van der Waals surface area contributed by atoms with Gasteiger partial charge >= 0.3 is 0 Å². The van der Waals surface area contributed by atoms with E-state index in [2.05, 4.69) is 10.6 Å². The third-order valence-corrected chi connectivity index (χ3v) is 5.90. The Hall–Kier alpha value is -3.46. The first-order valence-corrected chi connectivity index (χ1v) is 10.7. The van der Waals surface area contributed by atoms with E-state index in [1.54, 1.807) is 24.3 Å². The standard InChI is InChI=1S/C21H19FN2O5S/c22-18-9-5-4-8-17(18)20(25)23-11-12-24-21(26)19-15(10-13-29-19)14-30(27,28)16-6-2-1-3-7-16/h1-10,13H,11-12,14H2,(H,23,25)(H,24,26). The van der Waals surface area contributed by atoms with Crippen LogP contribution in [0.2, 0.25) is 0 Å². The first kappa shape index (κ1) is 21.3. The molecule has 0 saturated heterocycles. The van der Waals surface area contributed by atoms with Crippen LogP contribution in [0.3, 0.4) is 0 Å². The Kier molecular flexibility index (Phi) is 6.63. The maximum atomic E-state index is 13.6. The van der Waals surface area contributed by atoms with E-state index in [-0.39, 0.29) is 40.6 Å². The molecule has 0 saturated carbocycles. The van der Waals surface area contributed by atoms with Crippen LogP contribution in [0, 0.1) is 5.82 Å². The lowest BCUT2D eigenvalue weighted by atomic mass is 10.2. The van der Waals surface area contributed by atoms with Crippen LogP contribution in [0.25, 0.3) is 0 Å². The number of nitrogens with one attached hydrogen (secondary N) is 2. The first-order valence-electron chi connectivity index (χ1n) is 9.03. The SMILES string of the molecule is O=C(NCCNC(=O)c1occc1CS(=O)(=O)c1ccccc1)c1ccccc1F. The number of amides is 2. The molecule has 9 heteroatoms. The molecule has 3 aromatic rings. The summed E-state index contributed by atoms with van der Waals surface area (Å²) in [7, 11) is -3.64. The van der Waals surface area contributed by atoms with Crippen LogP contribution >= 0.6 is 0 Å². The van der Waals surface area contributed by atoms with Gasteiger partial charge in [0.1, 0.15) is 5.82 Å². The van der Waals surface area contributed by atoms with Crippen molar-refractivity contribution in [2.45, 2.75) is 10.6 Å². The van der Waals surface area contributed by atoms with Crippen LogP contribution in [-0.2, 0) is 15.6 Å². The highest BCUT2D eigenvalue weighted by Gasteiger charge is 2.22. The van der Waals surface area contributed by atoms with Crippen molar-refractivity contribution < 1.29 is 26.8 Å². The molecule has 0 radical (unpaired) electrons. The Morgan fingerprint density at radius 3 is 2.20 bits per heavy atom. The molecule has 7 nitrogen and oxygen atoms in total. The van der Waals surface area contributed by atoms with Crippen molar-refractivity contribution in [3.8, 4) is 0 Å². The van der Waals surface area contributed by atoms with Crippen molar-refractivity contribution in [3.05, 3.63) is 89.6 Å². The lowest BCUT2D eigenvalue weighted by molar-refractivity contribution is 0.0908. The molecule has 0 aliphatic heterocycles. The number of hydrogen-bond donors (Lipinski definition) is 2. The number of sulfone groups is 1. The third-order valence-electron chi connectivity index (χ3n) is 4.22. The highest BCUT2D eigenvalue weighted by atomic mass is 32.2. The van der Waals surface area contributed by atoms with Crippen molar-refractivity contribution in [2.75, 3.05) is 13.1 Å². The van der Waals surface area contributed by atoms with Crippen molar-refractivity contribution in [3.63, 3.8) is 0 Å². The Bertz CT molecular complexity index is 1140. The topological polar surface area (TPSA) is 105 Å². The Morgan fingerprint density at radius 2 is 1.50 bits per heavy atom. The van der Waals surface area contributed by atoms with E-state index in [1.165, 1.54) is 42.7 Å². The van der Waals surface area contributed by atoms with Gasteiger partial charge in [-0.15, -0.1) is 0 Å². The fourth-order valence-electron chi connectivity index (χ4n) is 2.74. The first-order chi connectivity index (χ1) is 14.4. The second-order valence-corrected chi connectivity index (χ2v) is 8.33. The molecule has 0 bridgehead atoms. The van der Waals surface area contributed by atoms with Gasteiger partial charge in [-0.25, -0.2) is 12.8 Å². The molecule has 0 aliphatic rings. The van der Waals surface area contributed by atoms with Crippen LogP contribution < -0.4 is 10.6 Å². The van der Waals surface area contributed by atoms with Crippen LogP contribution in [0.5, 0.6) is 0 Å². The summed E-state index contributed by atoms with van der Waals surface area (Å²) < 4.78 is 43.8. The summed E-state index contributed by atoms with van der Waals surface area (Å²) in [5.41, 5.74) is 0.134. The minimum atomic E-state index is -3.64. The Morgan fingerprint density at radius 1 is 0.867 bits per heavy atom. The molecule has 2 amide bonds. The van der Waals surface area contributed by atoms with Crippen LogP contribution in [0.15, 0.2) is 76.2 Å². The highest BCUT2D eigenvalue weighted by molar-refractivity contribution is 7.90. The summed E-state index contributed by atoms with van der Waals surface area (Å²) in [6, 6.07) is 14.9. The van der Waals surface area contributed by atoms with Crippen molar-refractivity contribution in [1.29, 1.82) is 0 Å². The van der Waals surface area contributed by atoms with Crippen LogP contribution in [0.1, 0.15) is 26.5 Å². The minimum Gasteiger partial charge on any atom is -0.459 e. The largest absolute Gasteiger partial charge is 0.459 e. The molecule has 30 heavy (non-hydrogen) atoms. The average Bonchev–Trinajstić information content (AvgIpc) is 3.19. The van der Waals surface area contributed by atoms with Gasteiger partial charge in [0.05, 0.1) is 22.5 Å². The van der Waals surface area contributed by atoms with E-state index in [1.807, 2.05) is 0 Å². The van der Waals surface area contributed by atoms with Crippen molar-refractivity contribution in [2.24, 2.45) is 0 Å². The van der Waals surface area contributed by atoms with Gasteiger partial charge in [0.2, 0.25) is 0 Å². The smallest absolute Gasteiger partial charge is 0.287 e. The molecular formula is C21H19FN2O5S. The van der Waals surface area contributed by atoms with Crippen LogP contribution in [0.4, 0.5) is 4.39 Å². The second kappa shape index (κ2) is 9.36. The molecular weight excluding hydrogens is 411 g/mol. The monoisotopic (exact) mass is 430 g/mol. The van der Waals surface area contributed by atoms with Gasteiger partial charge in [-0.05, 0) is 30.3 Å². The molecule has 156 valence electrons. The van der Waals surface area contributed by atoms with E-state index >= 15 is 0 Å². The maximum Gasteiger partial charge on any atom is 0.287 e. The van der Waals surface area contributed by atoms with Gasteiger partial charge in [0, 0.05) is 18.7 Å². The van der Waals surface area contributed by atoms with E-state index in [9.17, 15) is 22.4 Å². The summed E-state index contributed by atoms with van der Waals surface area (Å²) in [6.07, 6.45) is 1.24. The second-order valence-electron chi connectivity index (χ2n) is 6.34. The number of carbonyl (C=O) groups is 2. The fraction of sp³-hybridized carbons (Fsp3) is 0.143. The minimum absolute atomic E-state index is 0.0462. The highest BCUT2D eigenvalue weighted by Crippen LogP contribution is 2.19. The zero-order valence-corrected chi connectivity index (χ0v) is 16.6. The van der Waals surface area contributed by atoms with Crippen molar-refractivity contribution >= 4 is 21.7 Å². The molecule has 0 atom stereocenters. The van der Waals surface area contributed by atoms with E-state index in [0.717, 1.165) is 0 Å². The third kappa shape index (κ3) is 5.12. The molecule has 0 spiro atoms. The summed E-state index contributed by atoms with van der Waals surface area (Å²) in [4.78, 5) is 24.4.